The minimum Gasteiger partial charge on any atom is -0.295 e. The smallest absolute Gasteiger partial charge is 0.277 e. The molecule has 104 valence electrons. The molecule has 0 radical (unpaired) electrons. The fourth-order valence-electron chi connectivity index (χ4n) is 1.68. The molecule has 1 amide bonds. The van der Waals surface area contributed by atoms with E-state index in [0.717, 1.165) is 15.7 Å². The molecule has 0 aliphatic rings. The van der Waals surface area contributed by atoms with Gasteiger partial charge in [0.2, 0.25) is 5.13 Å². The van der Waals surface area contributed by atoms with Crippen LogP contribution in [0.4, 0.5) is 5.13 Å². The summed E-state index contributed by atoms with van der Waals surface area (Å²) in [7, 11) is 0. The lowest BCUT2D eigenvalue weighted by atomic mass is 10.2. The molecule has 0 fully saturated rings. The summed E-state index contributed by atoms with van der Waals surface area (Å²) in [4.78, 5) is 17.2. The first-order chi connectivity index (χ1) is 9.54. The summed E-state index contributed by atoms with van der Waals surface area (Å²) in [6, 6.07) is 0. The van der Waals surface area contributed by atoms with Crippen LogP contribution < -0.4 is 5.32 Å². The largest absolute Gasteiger partial charge is 0.295 e. The maximum Gasteiger partial charge on any atom is 0.277 e. The Morgan fingerprint density at radius 1 is 1.40 bits per heavy atom. The van der Waals surface area contributed by atoms with Crippen LogP contribution in [-0.4, -0.2) is 25.5 Å². The highest BCUT2D eigenvalue weighted by Gasteiger charge is 2.15. The molecule has 0 saturated carbocycles. The number of rotatable bonds is 3. The standard InChI is InChI=1S/C12H13N5OS2/c1-6(2)10-15-16-11(20-10)14-9(18)8-4-17-7(3)5-19-12(17)13-8/h4-6H,1-3H3,(H,14,16,18). The van der Waals surface area contributed by atoms with Crippen LogP contribution >= 0.6 is 22.7 Å². The van der Waals surface area contributed by atoms with Gasteiger partial charge in [-0.15, -0.1) is 21.5 Å². The maximum absolute atomic E-state index is 12.1. The second-order valence-corrected chi connectivity index (χ2v) is 6.56. The molecular weight excluding hydrogens is 294 g/mol. The van der Waals surface area contributed by atoms with Gasteiger partial charge >= 0.3 is 0 Å². The number of amides is 1. The first kappa shape index (κ1) is 13.2. The fourth-order valence-corrected chi connectivity index (χ4v) is 3.27. The summed E-state index contributed by atoms with van der Waals surface area (Å²) in [6.07, 6.45) is 1.74. The van der Waals surface area contributed by atoms with Gasteiger partial charge in [-0.2, -0.15) is 0 Å². The molecule has 1 N–H and O–H groups in total. The minimum absolute atomic E-state index is 0.258. The van der Waals surface area contributed by atoms with Gasteiger partial charge in [-0.25, -0.2) is 4.98 Å². The molecule has 0 aliphatic carbocycles. The molecule has 8 heteroatoms. The first-order valence-electron chi connectivity index (χ1n) is 6.12. The van der Waals surface area contributed by atoms with E-state index in [1.54, 1.807) is 6.20 Å². The number of carbonyl (C=O) groups excluding carboxylic acids is 1. The summed E-state index contributed by atoms with van der Waals surface area (Å²) >= 11 is 2.90. The minimum atomic E-state index is -0.258. The lowest BCUT2D eigenvalue weighted by Gasteiger charge is -1.96. The summed E-state index contributed by atoms with van der Waals surface area (Å²) in [5.41, 5.74) is 1.45. The third-order valence-electron chi connectivity index (χ3n) is 2.78. The molecule has 0 unspecified atom stereocenters. The van der Waals surface area contributed by atoms with Crippen LogP contribution in [-0.2, 0) is 0 Å². The first-order valence-corrected chi connectivity index (χ1v) is 7.82. The van der Waals surface area contributed by atoms with E-state index in [1.165, 1.54) is 22.7 Å². The third-order valence-corrected chi connectivity index (χ3v) is 4.87. The molecule has 3 rings (SSSR count). The summed E-state index contributed by atoms with van der Waals surface area (Å²) in [5.74, 6) is 0.0468. The second kappa shape index (κ2) is 4.95. The molecule has 3 aromatic heterocycles. The van der Waals surface area contributed by atoms with Crippen molar-refractivity contribution in [2.75, 3.05) is 5.32 Å². The normalized spacial score (nSPS) is 11.4. The predicted molar refractivity (Wildman–Crippen MR) is 79.8 cm³/mol. The number of fused-ring (bicyclic) bond motifs is 1. The van der Waals surface area contributed by atoms with Crippen molar-refractivity contribution in [1.29, 1.82) is 0 Å². The van der Waals surface area contributed by atoms with Gasteiger partial charge in [0.1, 0.15) is 10.7 Å². The Bertz CT molecular complexity index is 770. The zero-order valence-electron chi connectivity index (χ0n) is 11.2. The van der Waals surface area contributed by atoms with E-state index in [4.69, 9.17) is 0 Å². The summed E-state index contributed by atoms with van der Waals surface area (Å²) in [6.45, 7) is 6.06. The number of hydrogen-bond donors (Lipinski definition) is 1. The van der Waals surface area contributed by atoms with Gasteiger partial charge < -0.3 is 0 Å². The van der Waals surface area contributed by atoms with Crippen LogP contribution in [0, 0.1) is 6.92 Å². The monoisotopic (exact) mass is 307 g/mol. The Morgan fingerprint density at radius 3 is 2.85 bits per heavy atom. The van der Waals surface area contributed by atoms with Crippen LogP contribution in [0.5, 0.6) is 0 Å². The lowest BCUT2D eigenvalue weighted by molar-refractivity contribution is 0.102. The van der Waals surface area contributed by atoms with Gasteiger partial charge in [0, 0.05) is 23.2 Å². The van der Waals surface area contributed by atoms with Crippen molar-refractivity contribution in [3.05, 3.63) is 28.0 Å². The Morgan fingerprint density at radius 2 is 2.20 bits per heavy atom. The zero-order chi connectivity index (χ0) is 14.3. The molecular formula is C12H13N5OS2. The van der Waals surface area contributed by atoms with Crippen LogP contribution in [0.25, 0.3) is 4.96 Å². The number of nitrogens with one attached hydrogen (secondary N) is 1. The topological polar surface area (TPSA) is 72.2 Å². The fraction of sp³-hybridized carbons (Fsp3) is 0.333. The van der Waals surface area contributed by atoms with Crippen molar-refractivity contribution in [3.63, 3.8) is 0 Å². The van der Waals surface area contributed by atoms with E-state index in [2.05, 4.69) is 20.5 Å². The number of carbonyl (C=O) groups is 1. The highest BCUT2D eigenvalue weighted by Crippen LogP contribution is 2.23. The van der Waals surface area contributed by atoms with Crippen LogP contribution in [0.3, 0.4) is 0 Å². The van der Waals surface area contributed by atoms with Gasteiger partial charge in [-0.05, 0) is 6.92 Å². The van der Waals surface area contributed by atoms with E-state index in [9.17, 15) is 4.79 Å². The molecule has 20 heavy (non-hydrogen) atoms. The van der Waals surface area contributed by atoms with E-state index < -0.39 is 0 Å². The van der Waals surface area contributed by atoms with Crippen molar-refractivity contribution >= 4 is 38.7 Å². The van der Waals surface area contributed by atoms with Gasteiger partial charge in [-0.3, -0.25) is 14.5 Å². The number of anilines is 1. The Balaban J connectivity index is 1.81. The van der Waals surface area contributed by atoms with E-state index >= 15 is 0 Å². The van der Waals surface area contributed by atoms with Gasteiger partial charge in [0.15, 0.2) is 4.96 Å². The molecule has 0 bridgehead atoms. The quantitative estimate of drug-likeness (QED) is 0.807. The van der Waals surface area contributed by atoms with Gasteiger partial charge in [0.05, 0.1) is 0 Å². The van der Waals surface area contributed by atoms with Crippen molar-refractivity contribution in [1.82, 2.24) is 19.6 Å². The number of nitrogens with zero attached hydrogens (tertiary/aromatic N) is 4. The number of thiazole rings is 1. The summed E-state index contributed by atoms with van der Waals surface area (Å²) < 4.78 is 1.90. The van der Waals surface area contributed by atoms with Crippen LogP contribution in [0.1, 0.15) is 41.0 Å². The second-order valence-electron chi connectivity index (χ2n) is 4.71. The lowest BCUT2D eigenvalue weighted by Crippen LogP contribution is -2.12. The third kappa shape index (κ3) is 2.32. The van der Waals surface area contributed by atoms with Crippen molar-refractivity contribution < 1.29 is 4.79 Å². The summed E-state index contributed by atoms with van der Waals surface area (Å²) in [5, 5.41) is 14.2. The number of hydrogen-bond acceptors (Lipinski definition) is 6. The predicted octanol–water partition coefficient (Wildman–Crippen LogP) is 2.93. The molecule has 0 spiro atoms. The number of aromatic nitrogens is 4. The SMILES string of the molecule is Cc1csc2nc(C(=O)Nc3nnc(C(C)C)s3)cn12. The van der Waals surface area contributed by atoms with Crippen molar-refractivity contribution in [2.24, 2.45) is 0 Å². The highest BCUT2D eigenvalue weighted by molar-refractivity contribution is 7.15. The molecule has 0 saturated heterocycles. The van der Waals surface area contributed by atoms with Crippen molar-refractivity contribution in [2.45, 2.75) is 26.7 Å². The van der Waals surface area contributed by atoms with Gasteiger partial charge in [-0.1, -0.05) is 25.2 Å². The molecule has 0 atom stereocenters. The highest BCUT2D eigenvalue weighted by atomic mass is 32.1. The molecule has 0 aromatic carbocycles. The van der Waals surface area contributed by atoms with Crippen LogP contribution in [0.15, 0.2) is 11.6 Å². The maximum atomic E-state index is 12.1. The van der Waals surface area contributed by atoms with E-state index in [-0.39, 0.29) is 5.91 Å². The number of imidazole rings is 1. The Kier molecular flexibility index (Phi) is 3.27. The van der Waals surface area contributed by atoms with E-state index in [1.807, 2.05) is 30.6 Å². The van der Waals surface area contributed by atoms with Crippen LogP contribution in [0.2, 0.25) is 0 Å². The zero-order valence-corrected chi connectivity index (χ0v) is 12.9. The molecule has 3 aromatic rings. The molecule has 0 aliphatic heterocycles. The average molecular weight is 307 g/mol. The molecule has 6 nitrogen and oxygen atoms in total. The Hall–Kier alpha value is -1.80. The molecule has 3 heterocycles. The van der Waals surface area contributed by atoms with E-state index in [0.29, 0.717) is 16.7 Å². The number of aryl methyl sites for hydroxylation is 1. The Labute approximate surface area is 123 Å². The van der Waals surface area contributed by atoms with Gasteiger partial charge in [0.25, 0.3) is 5.91 Å². The average Bonchev–Trinajstić information content (AvgIpc) is 3.07. The van der Waals surface area contributed by atoms with Crippen molar-refractivity contribution in [3.8, 4) is 0 Å².